The summed E-state index contributed by atoms with van der Waals surface area (Å²) in [5.74, 6) is 0.952. The number of fused-ring (bicyclic) bond motifs is 1. The molecule has 0 heterocycles. The lowest BCUT2D eigenvalue weighted by molar-refractivity contribution is 0.0847. The van der Waals surface area contributed by atoms with E-state index in [9.17, 15) is 0 Å². The smallest absolute Gasteiger partial charge is 0.123 e. The third-order valence-electron chi connectivity index (χ3n) is 4.51. The molecule has 21 heavy (non-hydrogen) atoms. The quantitative estimate of drug-likeness (QED) is 0.912. The van der Waals surface area contributed by atoms with Gasteiger partial charge in [-0.05, 0) is 36.1 Å². The van der Waals surface area contributed by atoms with E-state index in [-0.39, 0.29) is 0 Å². The van der Waals surface area contributed by atoms with E-state index < -0.39 is 0 Å². The van der Waals surface area contributed by atoms with Crippen molar-refractivity contribution in [2.24, 2.45) is 0 Å². The molecule has 112 valence electrons. The predicted molar refractivity (Wildman–Crippen MR) is 85.8 cm³/mol. The summed E-state index contributed by atoms with van der Waals surface area (Å²) in [5.41, 5.74) is 1.23. The Labute approximate surface area is 126 Å². The van der Waals surface area contributed by atoms with Gasteiger partial charge in [0, 0.05) is 25.3 Å². The molecule has 1 aliphatic carbocycles. The van der Waals surface area contributed by atoms with E-state index >= 15 is 0 Å². The lowest BCUT2D eigenvalue weighted by atomic mass is 10.0. The molecular formula is C18H23NO2. The Bertz CT molecular complexity index is 611. The van der Waals surface area contributed by atoms with Crippen molar-refractivity contribution in [2.45, 2.75) is 38.0 Å². The topological polar surface area (TPSA) is 30.5 Å². The molecule has 1 aliphatic rings. The van der Waals surface area contributed by atoms with Gasteiger partial charge in [-0.25, -0.2) is 0 Å². The maximum Gasteiger partial charge on any atom is 0.123 e. The van der Waals surface area contributed by atoms with Crippen LogP contribution in [0, 0.1) is 0 Å². The van der Waals surface area contributed by atoms with Crippen molar-refractivity contribution in [2.75, 3.05) is 14.2 Å². The molecule has 2 atom stereocenters. The number of methoxy groups -OCH3 is 2. The first-order valence-electron chi connectivity index (χ1n) is 7.64. The number of benzene rings is 2. The van der Waals surface area contributed by atoms with E-state index in [4.69, 9.17) is 9.47 Å². The maximum absolute atomic E-state index is 5.56. The largest absolute Gasteiger partial charge is 0.496 e. The molecule has 0 saturated heterocycles. The predicted octanol–water partition coefficient (Wildman–Crippen LogP) is 3.51. The molecule has 0 radical (unpaired) electrons. The summed E-state index contributed by atoms with van der Waals surface area (Å²) < 4.78 is 11.1. The average Bonchev–Trinajstić information content (AvgIpc) is 2.99. The van der Waals surface area contributed by atoms with Gasteiger partial charge in [-0.3, -0.25) is 0 Å². The molecule has 3 nitrogen and oxygen atoms in total. The highest BCUT2D eigenvalue weighted by atomic mass is 16.5. The summed E-state index contributed by atoms with van der Waals surface area (Å²) in [6.07, 6.45) is 3.92. The minimum Gasteiger partial charge on any atom is -0.496 e. The molecule has 0 bridgehead atoms. The minimum atomic E-state index is 0.339. The van der Waals surface area contributed by atoms with E-state index in [0.29, 0.717) is 12.1 Å². The van der Waals surface area contributed by atoms with Gasteiger partial charge in [-0.2, -0.15) is 0 Å². The fraction of sp³-hybridized carbons (Fsp3) is 0.444. The third kappa shape index (κ3) is 2.89. The summed E-state index contributed by atoms with van der Waals surface area (Å²) in [6, 6.07) is 13.1. The zero-order valence-corrected chi connectivity index (χ0v) is 12.8. The lowest BCUT2D eigenvalue weighted by Gasteiger charge is -2.21. The van der Waals surface area contributed by atoms with Crippen molar-refractivity contribution >= 4 is 10.8 Å². The fourth-order valence-corrected chi connectivity index (χ4v) is 3.36. The Balaban J connectivity index is 1.85. The summed E-state index contributed by atoms with van der Waals surface area (Å²) in [4.78, 5) is 0. The van der Waals surface area contributed by atoms with Crippen LogP contribution in [0.15, 0.2) is 36.4 Å². The van der Waals surface area contributed by atoms with E-state index in [1.165, 1.54) is 29.2 Å². The van der Waals surface area contributed by atoms with Gasteiger partial charge in [-0.15, -0.1) is 0 Å². The van der Waals surface area contributed by atoms with Crippen molar-refractivity contribution in [1.29, 1.82) is 0 Å². The van der Waals surface area contributed by atoms with Crippen LogP contribution in [0.25, 0.3) is 10.8 Å². The molecule has 1 fully saturated rings. The highest BCUT2D eigenvalue weighted by Crippen LogP contribution is 2.29. The van der Waals surface area contributed by atoms with Crippen LogP contribution in [0.3, 0.4) is 0 Å². The Hall–Kier alpha value is -1.58. The molecule has 3 heteroatoms. The number of hydrogen-bond acceptors (Lipinski definition) is 3. The molecule has 0 aromatic heterocycles. The van der Waals surface area contributed by atoms with E-state index in [1.807, 2.05) is 7.11 Å². The molecule has 2 aromatic carbocycles. The summed E-state index contributed by atoms with van der Waals surface area (Å²) >= 11 is 0. The van der Waals surface area contributed by atoms with Gasteiger partial charge in [0.15, 0.2) is 0 Å². The van der Waals surface area contributed by atoms with Gasteiger partial charge >= 0.3 is 0 Å². The van der Waals surface area contributed by atoms with Crippen LogP contribution < -0.4 is 10.1 Å². The molecule has 2 unspecified atom stereocenters. The third-order valence-corrected chi connectivity index (χ3v) is 4.51. The van der Waals surface area contributed by atoms with Gasteiger partial charge in [0.1, 0.15) is 5.75 Å². The Morgan fingerprint density at radius 3 is 2.76 bits per heavy atom. The molecule has 1 N–H and O–H groups in total. The Morgan fingerprint density at radius 1 is 1.10 bits per heavy atom. The molecule has 3 rings (SSSR count). The monoisotopic (exact) mass is 285 g/mol. The van der Waals surface area contributed by atoms with Gasteiger partial charge in [0.05, 0.1) is 13.2 Å². The minimum absolute atomic E-state index is 0.339. The summed E-state index contributed by atoms with van der Waals surface area (Å²) in [7, 11) is 3.55. The average molecular weight is 285 g/mol. The lowest BCUT2D eigenvalue weighted by Crippen LogP contribution is -2.36. The second-order valence-electron chi connectivity index (χ2n) is 5.66. The molecule has 0 amide bonds. The van der Waals surface area contributed by atoms with Gasteiger partial charge < -0.3 is 14.8 Å². The second kappa shape index (κ2) is 6.46. The van der Waals surface area contributed by atoms with Crippen LogP contribution in [0.4, 0.5) is 0 Å². The molecular weight excluding hydrogens is 262 g/mol. The second-order valence-corrected chi connectivity index (χ2v) is 5.66. The summed E-state index contributed by atoms with van der Waals surface area (Å²) in [5, 5.41) is 6.18. The molecule has 0 aliphatic heterocycles. The van der Waals surface area contributed by atoms with Crippen LogP contribution in [-0.2, 0) is 11.3 Å². The SMILES string of the molecule is COc1ccc2ccccc2c1CNC1CCCC1OC. The number of rotatable bonds is 5. The van der Waals surface area contributed by atoms with Gasteiger partial charge in [0.2, 0.25) is 0 Å². The van der Waals surface area contributed by atoms with Crippen molar-refractivity contribution in [3.05, 3.63) is 42.0 Å². The van der Waals surface area contributed by atoms with Crippen molar-refractivity contribution in [3.63, 3.8) is 0 Å². The standard InChI is InChI=1S/C18H23NO2/c1-20-17-11-10-13-6-3-4-7-14(13)15(17)12-19-16-8-5-9-18(16)21-2/h3-4,6-7,10-11,16,18-19H,5,8-9,12H2,1-2H3. The first-order valence-corrected chi connectivity index (χ1v) is 7.64. The van der Waals surface area contributed by atoms with Gasteiger partial charge in [-0.1, -0.05) is 30.3 Å². The molecule has 2 aromatic rings. The zero-order valence-electron chi connectivity index (χ0n) is 12.8. The maximum atomic E-state index is 5.56. The van der Waals surface area contributed by atoms with Crippen LogP contribution in [-0.4, -0.2) is 26.4 Å². The van der Waals surface area contributed by atoms with Crippen LogP contribution in [0.2, 0.25) is 0 Å². The Morgan fingerprint density at radius 2 is 1.95 bits per heavy atom. The van der Waals surface area contributed by atoms with Crippen LogP contribution >= 0.6 is 0 Å². The summed E-state index contributed by atoms with van der Waals surface area (Å²) in [6.45, 7) is 0.815. The van der Waals surface area contributed by atoms with Crippen molar-refractivity contribution < 1.29 is 9.47 Å². The molecule has 1 saturated carbocycles. The number of nitrogens with one attached hydrogen (secondary N) is 1. The number of ether oxygens (including phenoxy) is 2. The zero-order chi connectivity index (χ0) is 14.7. The van der Waals surface area contributed by atoms with Gasteiger partial charge in [0.25, 0.3) is 0 Å². The number of hydrogen-bond donors (Lipinski definition) is 1. The van der Waals surface area contributed by atoms with E-state index in [1.54, 1.807) is 7.11 Å². The Kier molecular flexibility index (Phi) is 4.42. The molecule has 0 spiro atoms. The van der Waals surface area contributed by atoms with E-state index in [0.717, 1.165) is 18.7 Å². The highest BCUT2D eigenvalue weighted by molar-refractivity contribution is 5.87. The first-order chi connectivity index (χ1) is 10.3. The normalized spacial score (nSPS) is 21.8. The first kappa shape index (κ1) is 14.4. The van der Waals surface area contributed by atoms with Crippen LogP contribution in [0.5, 0.6) is 5.75 Å². The fourth-order valence-electron chi connectivity index (χ4n) is 3.36. The highest BCUT2D eigenvalue weighted by Gasteiger charge is 2.26. The van der Waals surface area contributed by atoms with Crippen molar-refractivity contribution in [1.82, 2.24) is 5.32 Å². The van der Waals surface area contributed by atoms with Crippen LogP contribution in [0.1, 0.15) is 24.8 Å². The van der Waals surface area contributed by atoms with E-state index in [2.05, 4.69) is 41.7 Å². The van der Waals surface area contributed by atoms with Crippen molar-refractivity contribution in [3.8, 4) is 5.75 Å².